The van der Waals surface area contributed by atoms with Crippen LogP contribution >= 0.6 is 23.2 Å². The number of ketones is 2. The molecule has 0 amide bonds. The number of Topliss-reactive ketones (excluding diaryl/α,β-unsaturated/α-hetero) is 2. The van der Waals surface area contributed by atoms with Crippen molar-refractivity contribution in [2.24, 2.45) is 41.4 Å². The van der Waals surface area contributed by atoms with Crippen LogP contribution in [0.25, 0.3) is 0 Å². The first-order valence-corrected chi connectivity index (χ1v) is 13.9. The van der Waals surface area contributed by atoms with Gasteiger partial charge in [-0.3, -0.25) is 14.4 Å². The molecule has 2 saturated carbocycles. The Kier molecular flexibility index (Phi) is 5.03. The first-order chi connectivity index (χ1) is 16.9. The normalized spacial score (nSPS) is 60.5. The first kappa shape index (κ1) is 24.3. The van der Waals surface area contributed by atoms with Gasteiger partial charge in [0.05, 0.1) is 30.0 Å². The summed E-state index contributed by atoms with van der Waals surface area (Å²) in [4.78, 5) is 40.6. The van der Waals surface area contributed by atoms with Crippen LogP contribution in [0.4, 0.5) is 0 Å². The van der Waals surface area contributed by atoms with Crippen molar-refractivity contribution < 1.29 is 38.1 Å². The summed E-state index contributed by atoms with van der Waals surface area (Å²) in [7, 11) is 0. The molecule has 10 heteroatoms. The number of hydrogen-bond donors (Lipinski definition) is 0. The third-order valence-corrected chi connectivity index (χ3v) is 11.1. The molecule has 198 valence electrons. The summed E-state index contributed by atoms with van der Waals surface area (Å²) < 4.78 is 27.4. The molecular formula is C26H32Cl2O8. The number of carbonyl (C=O) groups is 3. The molecule has 0 radical (unpaired) electrons. The molecule has 0 spiro atoms. The summed E-state index contributed by atoms with van der Waals surface area (Å²) >= 11 is 13.3. The summed E-state index contributed by atoms with van der Waals surface area (Å²) in [5, 5.41) is 0. The maximum Gasteiger partial charge on any atom is 0.316 e. The van der Waals surface area contributed by atoms with Gasteiger partial charge < -0.3 is 23.7 Å². The number of fused-ring (bicyclic) bond motifs is 10. The summed E-state index contributed by atoms with van der Waals surface area (Å²) in [6.45, 7) is 9.43. The molecule has 5 saturated heterocycles. The highest BCUT2D eigenvalue weighted by molar-refractivity contribution is 6.68. The van der Waals surface area contributed by atoms with Crippen LogP contribution in [-0.2, 0) is 38.1 Å². The smallest absolute Gasteiger partial charge is 0.316 e. The van der Waals surface area contributed by atoms with Crippen molar-refractivity contribution in [3.63, 3.8) is 0 Å². The van der Waals surface area contributed by atoms with Gasteiger partial charge in [-0.25, -0.2) is 0 Å². The van der Waals surface area contributed by atoms with Crippen LogP contribution < -0.4 is 0 Å². The maximum absolute atomic E-state index is 14.3. The van der Waals surface area contributed by atoms with E-state index in [9.17, 15) is 14.4 Å². The minimum Gasteiger partial charge on any atom is -0.459 e. The zero-order chi connectivity index (χ0) is 25.6. The number of hydrogen-bond acceptors (Lipinski definition) is 8. The lowest BCUT2D eigenvalue weighted by Crippen LogP contribution is -2.58. The Balaban J connectivity index is 1.30. The second-order valence-electron chi connectivity index (χ2n) is 12.5. The fraction of sp³-hybridized carbons (Fsp3) is 0.885. The molecule has 7 fully saturated rings. The predicted molar refractivity (Wildman–Crippen MR) is 125 cm³/mol. The minimum atomic E-state index is -2.38. The largest absolute Gasteiger partial charge is 0.459 e. The molecule has 0 bridgehead atoms. The monoisotopic (exact) mass is 542 g/mol. The molecule has 7 aliphatic rings. The van der Waals surface area contributed by atoms with E-state index >= 15 is 0 Å². The highest BCUT2D eigenvalue weighted by atomic mass is 35.5. The molecule has 0 aromatic heterocycles. The van der Waals surface area contributed by atoms with E-state index in [2.05, 4.69) is 20.8 Å². The summed E-state index contributed by atoms with van der Waals surface area (Å²) in [6, 6.07) is 0. The zero-order valence-electron chi connectivity index (χ0n) is 20.9. The summed E-state index contributed by atoms with van der Waals surface area (Å²) in [5.74, 6) is -4.26. The average Bonchev–Trinajstić information content (AvgIpc) is 3.62. The lowest BCUT2D eigenvalue weighted by molar-refractivity contribution is -0.156. The van der Waals surface area contributed by atoms with E-state index in [1.165, 1.54) is 6.92 Å². The number of halogens is 2. The number of rotatable bonds is 0. The van der Waals surface area contributed by atoms with Crippen LogP contribution in [0.15, 0.2) is 0 Å². The number of ether oxygens (including phenoxy) is 5. The molecule has 0 aromatic carbocycles. The van der Waals surface area contributed by atoms with Gasteiger partial charge >= 0.3 is 5.97 Å². The van der Waals surface area contributed by atoms with Gasteiger partial charge in [-0.15, -0.1) is 0 Å². The number of epoxide rings is 4. The lowest BCUT2D eigenvalue weighted by atomic mass is 9.53. The average molecular weight is 543 g/mol. The first-order valence-electron chi connectivity index (χ1n) is 13.2. The Hall–Kier alpha value is -0.770. The Morgan fingerprint density at radius 1 is 0.778 bits per heavy atom. The Morgan fingerprint density at radius 3 is 2.14 bits per heavy atom. The van der Waals surface area contributed by atoms with Gasteiger partial charge in [0.2, 0.25) is 4.33 Å². The fourth-order valence-electron chi connectivity index (χ4n) is 8.32. The van der Waals surface area contributed by atoms with Crippen molar-refractivity contribution in [1.82, 2.24) is 0 Å². The van der Waals surface area contributed by atoms with Crippen LogP contribution in [0.5, 0.6) is 0 Å². The van der Waals surface area contributed by atoms with Crippen LogP contribution in [0, 0.1) is 41.4 Å². The Bertz CT molecular complexity index is 1050. The molecule has 5 aliphatic heterocycles. The topological polar surface area (TPSA) is 111 Å². The van der Waals surface area contributed by atoms with Crippen LogP contribution in [0.1, 0.15) is 41.0 Å². The van der Waals surface area contributed by atoms with Crippen molar-refractivity contribution in [2.45, 2.75) is 99.8 Å². The second-order valence-corrected chi connectivity index (χ2v) is 13.8. The van der Waals surface area contributed by atoms with Gasteiger partial charge in [0.15, 0.2) is 11.6 Å². The van der Waals surface area contributed by atoms with Crippen LogP contribution in [0.2, 0.25) is 0 Å². The molecular weight excluding hydrogens is 511 g/mol. The fourth-order valence-corrected chi connectivity index (χ4v) is 8.90. The van der Waals surface area contributed by atoms with Crippen molar-refractivity contribution >= 4 is 40.7 Å². The standard InChI is InChI=1S/C26H32Cl2O8/c1-7-13-14(12-8(2)23-25(5,36-23)6-11(12)17-18(13)35-17)22(30)26(27,28)21(29)9(3)24(31)32-10(4)16-20(34-16)19-15(7)33-19/h7-20,23H,6H2,1-5H3/t7-,8?,9-,10-,11+,12?,13-,14?,15?,16?,17?,18?,19?,20?,23-,25+/m0/s1. The van der Waals surface area contributed by atoms with E-state index < -0.39 is 39.8 Å². The molecule has 7 rings (SSSR count). The molecule has 2 aliphatic carbocycles. The quantitative estimate of drug-likeness (QED) is 0.198. The van der Waals surface area contributed by atoms with Gasteiger partial charge in [0, 0.05) is 11.8 Å². The van der Waals surface area contributed by atoms with E-state index in [1.54, 1.807) is 6.92 Å². The molecule has 9 unspecified atom stereocenters. The number of alkyl halides is 2. The van der Waals surface area contributed by atoms with Crippen molar-refractivity contribution in [3.8, 4) is 0 Å². The molecule has 8 nitrogen and oxygen atoms in total. The van der Waals surface area contributed by atoms with Crippen molar-refractivity contribution in [2.75, 3.05) is 0 Å². The SMILES string of the molecule is CC1C2C3C(=O)C(Cl)(Cl)C(=O)[C@H](C)C(=O)O[C@@H](C)C4OC4C4OC4[C@@H](C)[C@@H]3C3OC3[C@@H]2C[C@@]2(C)O[C@@H]12. The Labute approximate surface area is 219 Å². The third-order valence-electron chi connectivity index (χ3n) is 10.4. The second kappa shape index (κ2) is 7.45. The van der Waals surface area contributed by atoms with Gasteiger partial charge in [-0.05, 0) is 50.9 Å². The van der Waals surface area contributed by atoms with Crippen molar-refractivity contribution in [1.29, 1.82) is 0 Å². The van der Waals surface area contributed by atoms with Gasteiger partial charge in [-0.1, -0.05) is 37.0 Å². The third kappa shape index (κ3) is 3.24. The predicted octanol–water partition coefficient (Wildman–Crippen LogP) is 2.49. The number of esters is 1. The van der Waals surface area contributed by atoms with Gasteiger partial charge in [0.25, 0.3) is 0 Å². The molecule has 16 atom stereocenters. The van der Waals surface area contributed by atoms with E-state index in [0.717, 1.165) is 6.42 Å². The number of carbonyl (C=O) groups excluding carboxylic acids is 3. The Morgan fingerprint density at radius 2 is 1.42 bits per heavy atom. The molecule has 36 heavy (non-hydrogen) atoms. The lowest BCUT2D eigenvalue weighted by Gasteiger charge is -2.48. The van der Waals surface area contributed by atoms with Crippen LogP contribution in [-0.4, -0.2) is 76.3 Å². The maximum atomic E-state index is 14.3. The van der Waals surface area contributed by atoms with E-state index in [4.69, 9.17) is 46.9 Å². The van der Waals surface area contributed by atoms with Crippen molar-refractivity contribution in [3.05, 3.63) is 0 Å². The highest BCUT2D eigenvalue weighted by Gasteiger charge is 2.75. The van der Waals surface area contributed by atoms with Gasteiger partial charge in [-0.2, -0.15) is 0 Å². The highest BCUT2D eigenvalue weighted by Crippen LogP contribution is 2.66. The minimum absolute atomic E-state index is 0.0390. The van der Waals surface area contributed by atoms with Gasteiger partial charge in [0.1, 0.15) is 30.3 Å². The molecule has 5 heterocycles. The summed E-state index contributed by atoms with van der Waals surface area (Å²) in [5.41, 5.74) is -0.201. The molecule has 0 aromatic rings. The van der Waals surface area contributed by atoms with E-state index in [-0.39, 0.29) is 77.9 Å². The van der Waals surface area contributed by atoms with E-state index in [1.807, 2.05) is 0 Å². The van der Waals surface area contributed by atoms with Crippen LogP contribution in [0.3, 0.4) is 0 Å². The summed E-state index contributed by atoms with van der Waals surface area (Å²) in [6.07, 6.45) is -0.529. The number of cyclic esters (lactones) is 1. The van der Waals surface area contributed by atoms with E-state index in [0.29, 0.717) is 0 Å². The molecule has 0 N–H and O–H groups in total. The zero-order valence-corrected chi connectivity index (χ0v) is 22.4.